The molecule has 25 heavy (non-hydrogen) atoms. The fourth-order valence-electron chi connectivity index (χ4n) is 3.37. The summed E-state index contributed by atoms with van der Waals surface area (Å²) in [5.74, 6) is 8.41. The molecule has 0 aromatic carbocycles. The van der Waals surface area contributed by atoms with Gasteiger partial charge < -0.3 is 10.6 Å². The van der Waals surface area contributed by atoms with Crippen LogP contribution in [0.3, 0.4) is 0 Å². The second-order valence-electron chi connectivity index (χ2n) is 8.73. The first-order valence-corrected chi connectivity index (χ1v) is 9.60. The average molecular weight is 346 g/mol. The quantitative estimate of drug-likeness (QED) is 0.673. The van der Waals surface area contributed by atoms with Crippen molar-refractivity contribution in [2.45, 2.75) is 66.0 Å². The summed E-state index contributed by atoms with van der Waals surface area (Å²) in [5, 5.41) is 0. The average Bonchev–Trinajstić information content (AvgIpc) is 2.45. The molecule has 0 aliphatic carbocycles. The summed E-state index contributed by atoms with van der Waals surface area (Å²) in [7, 11) is 2.12. The van der Waals surface area contributed by atoms with Crippen LogP contribution in [-0.4, -0.2) is 41.5 Å². The van der Waals surface area contributed by atoms with Gasteiger partial charge in [-0.05, 0) is 65.3 Å². The number of likely N-dealkylation sites (tertiary alicyclic amines) is 1. The van der Waals surface area contributed by atoms with Gasteiger partial charge in [-0.15, -0.1) is 0 Å². The van der Waals surface area contributed by atoms with Crippen molar-refractivity contribution in [3.63, 3.8) is 0 Å². The van der Waals surface area contributed by atoms with Crippen molar-refractivity contribution in [2.24, 2.45) is 23.5 Å². The van der Waals surface area contributed by atoms with Crippen LogP contribution in [-0.2, 0) is 0 Å². The zero-order valence-corrected chi connectivity index (χ0v) is 17.5. The molecule has 0 amide bonds. The first kappa shape index (κ1) is 21.6. The van der Waals surface area contributed by atoms with Crippen LogP contribution in [0.5, 0.6) is 0 Å². The van der Waals surface area contributed by atoms with Crippen molar-refractivity contribution < 1.29 is 0 Å². The molecule has 3 heteroatoms. The zero-order chi connectivity index (χ0) is 19.4. The number of nitrogens with two attached hydrogens (primary N) is 1. The number of allylic oxidation sites excluding steroid dienone is 2. The van der Waals surface area contributed by atoms with E-state index in [1.165, 1.54) is 6.42 Å². The Hall–Kier alpha value is -1.40. The molecule has 142 valence electrons. The summed E-state index contributed by atoms with van der Waals surface area (Å²) >= 11 is 0. The Morgan fingerprint density at radius 1 is 1.24 bits per heavy atom. The Kier molecular flexibility index (Phi) is 7.62. The molecule has 1 rings (SSSR count). The molecular weight excluding hydrogens is 306 g/mol. The predicted octanol–water partition coefficient (Wildman–Crippen LogP) is 4.08. The van der Waals surface area contributed by atoms with Crippen molar-refractivity contribution in [1.82, 2.24) is 9.80 Å². The number of hydrogen-bond donors (Lipinski definition) is 1. The van der Waals surface area contributed by atoms with Crippen molar-refractivity contribution in [2.75, 3.05) is 20.1 Å². The highest BCUT2D eigenvalue weighted by Crippen LogP contribution is 2.29. The van der Waals surface area contributed by atoms with E-state index in [2.05, 4.69) is 83.4 Å². The molecule has 0 radical (unpaired) electrons. The molecular formula is C22H39N3. The fraction of sp³-hybridized carbons (Fsp3) is 0.727. The second kappa shape index (κ2) is 8.81. The van der Waals surface area contributed by atoms with Crippen LogP contribution in [0.2, 0.25) is 0 Å². The first-order valence-electron chi connectivity index (χ1n) is 9.60. The van der Waals surface area contributed by atoms with Crippen LogP contribution < -0.4 is 5.73 Å². The van der Waals surface area contributed by atoms with Crippen LogP contribution in [0.4, 0.5) is 0 Å². The van der Waals surface area contributed by atoms with Crippen LogP contribution >= 0.6 is 0 Å². The standard InChI is InChI=1S/C22H39N3/c1-16(2)21(19(6)23)11-10-20-14-25(15-20)18(5)12-13-22(7,8)24(9)17(3)4/h16-17,20-21H,5-6,10-11,14-15,23H2,1-4,7-9H3. The maximum atomic E-state index is 5.94. The molecule has 1 atom stereocenters. The predicted molar refractivity (Wildman–Crippen MR) is 110 cm³/mol. The molecule has 3 nitrogen and oxygen atoms in total. The van der Waals surface area contributed by atoms with Crippen LogP contribution in [0, 0.1) is 29.6 Å². The summed E-state index contributed by atoms with van der Waals surface area (Å²) < 4.78 is 0. The van der Waals surface area contributed by atoms with Gasteiger partial charge in [0.1, 0.15) is 0 Å². The molecule has 1 saturated heterocycles. The Morgan fingerprint density at radius 3 is 2.24 bits per heavy atom. The topological polar surface area (TPSA) is 32.5 Å². The lowest BCUT2D eigenvalue weighted by Gasteiger charge is -2.41. The van der Waals surface area contributed by atoms with Gasteiger partial charge in [0.2, 0.25) is 0 Å². The monoisotopic (exact) mass is 345 g/mol. The highest BCUT2D eigenvalue weighted by molar-refractivity contribution is 5.30. The second-order valence-corrected chi connectivity index (χ2v) is 8.73. The van der Waals surface area contributed by atoms with E-state index < -0.39 is 0 Å². The van der Waals surface area contributed by atoms with E-state index >= 15 is 0 Å². The van der Waals surface area contributed by atoms with Crippen molar-refractivity contribution in [3.05, 3.63) is 24.6 Å². The molecule has 1 heterocycles. The SMILES string of the molecule is C=C(N)C(CCC1CN(C(=C)C#CC(C)(C)N(C)C(C)C)C1)C(C)C. The van der Waals surface area contributed by atoms with Gasteiger partial charge in [0.15, 0.2) is 0 Å². The van der Waals surface area contributed by atoms with Crippen molar-refractivity contribution in [1.29, 1.82) is 0 Å². The maximum absolute atomic E-state index is 5.94. The normalized spacial score (nSPS) is 16.6. The number of hydrogen-bond acceptors (Lipinski definition) is 3. The summed E-state index contributed by atoms with van der Waals surface area (Å²) in [5.41, 5.74) is 7.58. The van der Waals surface area contributed by atoms with Gasteiger partial charge in [-0.3, -0.25) is 4.90 Å². The fourth-order valence-corrected chi connectivity index (χ4v) is 3.37. The smallest absolute Gasteiger partial charge is 0.0807 e. The summed E-state index contributed by atoms with van der Waals surface area (Å²) in [4.78, 5) is 4.59. The van der Waals surface area contributed by atoms with Gasteiger partial charge >= 0.3 is 0 Å². The van der Waals surface area contributed by atoms with Crippen molar-refractivity contribution >= 4 is 0 Å². The van der Waals surface area contributed by atoms with Gasteiger partial charge in [-0.1, -0.05) is 32.9 Å². The number of nitrogens with zero attached hydrogens (tertiary/aromatic N) is 2. The van der Waals surface area contributed by atoms with Gasteiger partial charge in [0, 0.05) is 30.7 Å². The Morgan fingerprint density at radius 2 is 1.80 bits per heavy atom. The summed E-state index contributed by atoms with van der Waals surface area (Å²) in [6, 6.07) is 0.470. The van der Waals surface area contributed by atoms with Gasteiger partial charge in [-0.25, -0.2) is 0 Å². The van der Waals surface area contributed by atoms with Gasteiger partial charge in [-0.2, -0.15) is 0 Å². The molecule has 0 saturated carbocycles. The third-order valence-corrected chi connectivity index (χ3v) is 5.67. The lowest BCUT2D eigenvalue weighted by atomic mass is 9.84. The largest absolute Gasteiger partial charge is 0.402 e. The van der Waals surface area contributed by atoms with E-state index in [0.717, 1.165) is 36.8 Å². The van der Waals surface area contributed by atoms with E-state index in [-0.39, 0.29) is 5.54 Å². The molecule has 2 N–H and O–H groups in total. The van der Waals surface area contributed by atoms with E-state index in [0.29, 0.717) is 17.9 Å². The highest BCUT2D eigenvalue weighted by atomic mass is 15.2. The van der Waals surface area contributed by atoms with Crippen molar-refractivity contribution in [3.8, 4) is 11.8 Å². The third kappa shape index (κ3) is 6.12. The molecule has 1 unspecified atom stereocenters. The van der Waals surface area contributed by atoms with Crippen LogP contribution in [0.25, 0.3) is 0 Å². The van der Waals surface area contributed by atoms with Crippen LogP contribution in [0.15, 0.2) is 24.6 Å². The zero-order valence-electron chi connectivity index (χ0n) is 17.5. The van der Waals surface area contributed by atoms with Gasteiger partial charge in [0.05, 0.1) is 11.2 Å². The third-order valence-electron chi connectivity index (χ3n) is 5.67. The highest BCUT2D eigenvalue weighted by Gasteiger charge is 2.29. The molecule has 0 aromatic rings. The first-order chi connectivity index (χ1) is 11.5. The van der Waals surface area contributed by atoms with E-state index in [1.807, 2.05) is 0 Å². The summed E-state index contributed by atoms with van der Waals surface area (Å²) in [6.45, 7) is 23.4. The molecule has 1 fully saturated rings. The Bertz CT molecular complexity index is 527. The minimum Gasteiger partial charge on any atom is -0.402 e. The minimum atomic E-state index is -0.145. The minimum absolute atomic E-state index is 0.145. The van der Waals surface area contributed by atoms with Gasteiger partial charge in [0.25, 0.3) is 0 Å². The number of rotatable bonds is 8. The Labute approximate surface area is 156 Å². The van der Waals surface area contributed by atoms with E-state index in [1.54, 1.807) is 0 Å². The maximum Gasteiger partial charge on any atom is 0.0807 e. The molecule has 1 aliphatic rings. The molecule has 0 spiro atoms. The van der Waals surface area contributed by atoms with E-state index in [4.69, 9.17) is 5.73 Å². The molecule has 0 bridgehead atoms. The molecule has 1 aliphatic heterocycles. The molecule has 0 aromatic heterocycles. The Balaban J connectivity index is 2.46. The lowest BCUT2D eigenvalue weighted by molar-refractivity contribution is 0.133. The van der Waals surface area contributed by atoms with E-state index in [9.17, 15) is 0 Å². The van der Waals surface area contributed by atoms with Crippen LogP contribution in [0.1, 0.15) is 54.4 Å². The lowest BCUT2D eigenvalue weighted by Crippen LogP contribution is -2.46. The summed E-state index contributed by atoms with van der Waals surface area (Å²) in [6.07, 6.45) is 2.34.